The Morgan fingerprint density at radius 3 is 2.50 bits per heavy atom. The van der Waals surface area contributed by atoms with E-state index in [0.29, 0.717) is 23.1 Å². The second-order valence-corrected chi connectivity index (χ2v) is 6.97. The zero-order valence-corrected chi connectivity index (χ0v) is 13.9. The van der Waals surface area contributed by atoms with Gasteiger partial charge in [0.2, 0.25) is 21.9 Å². The van der Waals surface area contributed by atoms with E-state index >= 15 is 0 Å². The molecule has 1 aliphatic heterocycles. The van der Waals surface area contributed by atoms with Gasteiger partial charge in [-0.05, 0) is 24.3 Å². The van der Waals surface area contributed by atoms with E-state index < -0.39 is 10.0 Å². The highest BCUT2D eigenvalue weighted by Crippen LogP contribution is 2.30. The Hall–Kier alpha value is -2.72. The predicted octanol–water partition coefficient (Wildman–Crippen LogP) is 0.280. The van der Waals surface area contributed by atoms with E-state index in [1.807, 2.05) is 0 Å². The van der Waals surface area contributed by atoms with Crippen molar-refractivity contribution in [2.24, 2.45) is 5.14 Å². The summed E-state index contributed by atoms with van der Waals surface area (Å²) in [6, 6.07) is 5.94. The van der Waals surface area contributed by atoms with Gasteiger partial charge in [0.15, 0.2) is 5.82 Å². The lowest BCUT2D eigenvalue weighted by molar-refractivity contribution is -0.117. The van der Waals surface area contributed by atoms with Crippen molar-refractivity contribution in [3.63, 3.8) is 0 Å². The fourth-order valence-corrected chi connectivity index (χ4v) is 2.83. The number of benzene rings is 1. The molecule has 0 bridgehead atoms. The number of nitrogens with one attached hydrogen (secondary N) is 1. The van der Waals surface area contributed by atoms with Crippen molar-refractivity contribution >= 4 is 39.1 Å². The number of aromatic nitrogens is 2. The topological polar surface area (TPSA) is 122 Å². The molecule has 1 aromatic heterocycles. The first-order valence-electron chi connectivity index (χ1n) is 7.00. The van der Waals surface area contributed by atoms with Crippen LogP contribution in [0.3, 0.4) is 0 Å². The second-order valence-electron chi connectivity index (χ2n) is 5.41. The monoisotopic (exact) mass is 348 g/mol. The first kappa shape index (κ1) is 16.1. The lowest BCUT2D eigenvalue weighted by Crippen LogP contribution is -2.42. The van der Waals surface area contributed by atoms with E-state index in [1.54, 1.807) is 37.3 Å². The quantitative estimate of drug-likeness (QED) is 0.817. The number of likely N-dealkylation sites (N-methyl/N-ethyl adjacent to an activating group) is 2. The molecule has 0 fully saturated rings. The molecule has 10 heteroatoms. The number of amides is 1. The number of hydrogen-bond donors (Lipinski definition) is 2. The third kappa shape index (κ3) is 3.01. The molecule has 0 aliphatic carbocycles. The average molecular weight is 348 g/mol. The Morgan fingerprint density at radius 2 is 1.88 bits per heavy atom. The maximum atomic E-state index is 11.8. The van der Waals surface area contributed by atoms with E-state index in [0.717, 1.165) is 0 Å². The number of rotatable bonds is 3. The Balaban J connectivity index is 1.87. The fourth-order valence-electron chi connectivity index (χ4n) is 2.32. The fraction of sp³-hybridized carbons (Fsp3) is 0.214. The second kappa shape index (κ2) is 5.73. The molecule has 3 N–H and O–H groups in total. The van der Waals surface area contributed by atoms with Crippen molar-refractivity contribution in [3.05, 3.63) is 30.5 Å². The SMILES string of the molecule is CN1CC(=O)N(C)c2cnc(Nc3ccc(S(N)(=O)=O)cc3)nc21. The van der Waals surface area contributed by atoms with Gasteiger partial charge in [-0.3, -0.25) is 4.79 Å². The maximum absolute atomic E-state index is 11.8. The molecule has 0 spiro atoms. The Bertz CT molecular complexity index is 897. The summed E-state index contributed by atoms with van der Waals surface area (Å²) in [7, 11) is -0.270. The van der Waals surface area contributed by atoms with Gasteiger partial charge in [-0.1, -0.05) is 0 Å². The van der Waals surface area contributed by atoms with Gasteiger partial charge in [-0.2, -0.15) is 4.98 Å². The zero-order valence-electron chi connectivity index (χ0n) is 13.1. The highest BCUT2D eigenvalue weighted by Gasteiger charge is 2.26. The van der Waals surface area contributed by atoms with Crippen molar-refractivity contribution < 1.29 is 13.2 Å². The van der Waals surface area contributed by atoms with Crippen LogP contribution in [0, 0.1) is 0 Å². The van der Waals surface area contributed by atoms with E-state index in [2.05, 4.69) is 15.3 Å². The van der Waals surface area contributed by atoms with Crippen LogP contribution < -0.4 is 20.3 Å². The first-order chi connectivity index (χ1) is 11.3. The van der Waals surface area contributed by atoms with E-state index in [1.165, 1.54) is 17.0 Å². The largest absolute Gasteiger partial charge is 0.348 e. The minimum absolute atomic E-state index is 0.0271. The molecule has 126 valence electrons. The van der Waals surface area contributed by atoms with Crippen LogP contribution >= 0.6 is 0 Å². The zero-order chi connectivity index (χ0) is 17.5. The minimum Gasteiger partial charge on any atom is -0.348 e. The van der Waals surface area contributed by atoms with Gasteiger partial charge in [0, 0.05) is 19.8 Å². The molecule has 0 saturated heterocycles. The maximum Gasteiger partial charge on any atom is 0.246 e. The Kier molecular flexibility index (Phi) is 3.85. The lowest BCUT2D eigenvalue weighted by atomic mass is 10.3. The summed E-state index contributed by atoms with van der Waals surface area (Å²) in [5.41, 5.74) is 1.24. The molecule has 24 heavy (non-hydrogen) atoms. The standard InChI is InChI=1S/C14H16N6O3S/c1-19-8-12(21)20(2)11-7-16-14(18-13(11)19)17-9-3-5-10(6-4-9)24(15,22)23/h3-7H,8H2,1-2H3,(H2,15,22,23)(H,16,17,18). The molecular formula is C14H16N6O3S. The van der Waals surface area contributed by atoms with Crippen LogP contribution in [-0.4, -0.2) is 44.9 Å². The number of nitrogens with zero attached hydrogens (tertiary/aromatic N) is 4. The number of carbonyl (C=O) groups is 1. The van der Waals surface area contributed by atoms with Gasteiger partial charge in [-0.15, -0.1) is 0 Å². The van der Waals surface area contributed by atoms with Gasteiger partial charge >= 0.3 is 0 Å². The normalized spacial score (nSPS) is 14.5. The summed E-state index contributed by atoms with van der Waals surface area (Å²) >= 11 is 0. The number of fused-ring (bicyclic) bond motifs is 1. The third-order valence-electron chi connectivity index (χ3n) is 3.66. The summed E-state index contributed by atoms with van der Waals surface area (Å²) in [5, 5.41) is 8.06. The van der Waals surface area contributed by atoms with Crippen molar-refractivity contribution in [1.29, 1.82) is 0 Å². The number of hydrogen-bond acceptors (Lipinski definition) is 7. The van der Waals surface area contributed by atoms with Crippen LogP contribution in [-0.2, 0) is 14.8 Å². The summed E-state index contributed by atoms with van der Waals surface area (Å²) in [4.78, 5) is 23.7. The minimum atomic E-state index is -3.73. The van der Waals surface area contributed by atoms with E-state index in [-0.39, 0.29) is 17.3 Å². The summed E-state index contributed by atoms with van der Waals surface area (Å²) in [6.45, 7) is 0.239. The van der Waals surface area contributed by atoms with E-state index in [9.17, 15) is 13.2 Å². The van der Waals surface area contributed by atoms with Gasteiger partial charge in [0.05, 0.1) is 17.6 Å². The average Bonchev–Trinajstić information content (AvgIpc) is 2.52. The molecule has 1 aromatic carbocycles. The molecule has 2 heterocycles. The molecule has 3 rings (SSSR count). The Labute approximate surface area is 139 Å². The smallest absolute Gasteiger partial charge is 0.246 e. The van der Waals surface area contributed by atoms with Gasteiger partial charge in [-0.25, -0.2) is 18.5 Å². The number of nitrogens with two attached hydrogens (primary N) is 1. The number of primary sulfonamides is 1. The number of carbonyl (C=O) groups excluding carboxylic acids is 1. The molecule has 0 atom stereocenters. The molecule has 1 amide bonds. The van der Waals surface area contributed by atoms with Crippen LogP contribution in [0.2, 0.25) is 0 Å². The van der Waals surface area contributed by atoms with Crippen molar-refractivity contribution in [1.82, 2.24) is 9.97 Å². The number of anilines is 4. The van der Waals surface area contributed by atoms with Crippen LogP contribution in [0.25, 0.3) is 0 Å². The molecule has 9 nitrogen and oxygen atoms in total. The molecule has 0 saturated carbocycles. The molecule has 2 aromatic rings. The third-order valence-corrected chi connectivity index (χ3v) is 4.59. The summed E-state index contributed by atoms with van der Waals surface area (Å²) < 4.78 is 22.5. The van der Waals surface area contributed by atoms with Crippen molar-refractivity contribution in [2.75, 3.05) is 35.8 Å². The summed E-state index contributed by atoms with van der Waals surface area (Å²) in [6.07, 6.45) is 1.57. The highest BCUT2D eigenvalue weighted by molar-refractivity contribution is 7.89. The van der Waals surface area contributed by atoms with Gasteiger partial charge < -0.3 is 15.1 Å². The van der Waals surface area contributed by atoms with Crippen molar-refractivity contribution in [2.45, 2.75) is 4.90 Å². The van der Waals surface area contributed by atoms with E-state index in [4.69, 9.17) is 5.14 Å². The van der Waals surface area contributed by atoms with Crippen LogP contribution in [0.4, 0.5) is 23.1 Å². The van der Waals surface area contributed by atoms with Crippen LogP contribution in [0.1, 0.15) is 0 Å². The van der Waals surface area contributed by atoms with Gasteiger partial charge in [0.25, 0.3) is 0 Å². The molecular weight excluding hydrogens is 332 g/mol. The van der Waals surface area contributed by atoms with Gasteiger partial charge in [0.1, 0.15) is 5.69 Å². The molecule has 0 radical (unpaired) electrons. The molecule has 1 aliphatic rings. The molecule has 0 unspecified atom stereocenters. The lowest BCUT2D eigenvalue weighted by Gasteiger charge is -2.31. The first-order valence-corrected chi connectivity index (χ1v) is 8.55. The predicted molar refractivity (Wildman–Crippen MR) is 89.8 cm³/mol. The number of sulfonamides is 1. The van der Waals surface area contributed by atoms with Crippen molar-refractivity contribution in [3.8, 4) is 0 Å². The summed E-state index contributed by atoms with van der Waals surface area (Å²) in [5.74, 6) is 0.940. The van der Waals surface area contributed by atoms with Crippen LogP contribution in [0.15, 0.2) is 35.4 Å². The highest BCUT2D eigenvalue weighted by atomic mass is 32.2. The Morgan fingerprint density at radius 1 is 1.21 bits per heavy atom. The van der Waals surface area contributed by atoms with Crippen LogP contribution in [0.5, 0.6) is 0 Å².